The summed E-state index contributed by atoms with van der Waals surface area (Å²) in [5.74, 6) is -1.92. The molecule has 3 aromatic rings. The highest BCUT2D eigenvalue weighted by Crippen LogP contribution is 2.26. The molecule has 4 amide bonds. The number of barbiturate groups is 1. The Hall–Kier alpha value is -3.30. The highest BCUT2D eigenvalue weighted by atomic mass is 79.9. The third-order valence-electron chi connectivity index (χ3n) is 4.80. The number of carbonyl (C=O) groups is 3. The molecule has 0 saturated carbocycles. The number of benzene rings is 3. The zero-order valence-corrected chi connectivity index (χ0v) is 20.0. The number of carbonyl (C=O) groups excluding carboxylic acids is 3. The van der Waals surface area contributed by atoms with Crippen molar-refractivity contribution < 1.29 is 23.5 Å². The lowest BCUT2D eigenvalue weighted by Gasteiger charge is -2.26. The van der Waals surface area contributed by atoms with Gasteiger partial charge in [0.2, 0.25) is 0 Å². The van der Waals surface area contributed by atoms with Gasteiger partial charge in [0.05, 0.1) is 5.69 Å². The van der Waals surface area contributed by atoms with E-state index in [0.717, 1.165) is 20.6 Å². The van der Waals surface area contributed by atoms with Crippen molar-refractivity contribution in [3.63, 3.8) is 0 Å². The van der Waals surface area contributed by atoms with Crippen LogP contribution in [0.2, 0.25) is 0 Å². The van der Waals surface area contributed by atoms with E-state index < -0.39 is 23.7 Å². The molecule has 166 valence electrons. The van der Waals surface area contributed by atoms with Crippen molar-refractivity contribution in [3.05, 3.63) is 98.2 Å². The predicted molar refractivity (Wildman–Crippen MR) is 128 cm³/mol. The van der Waals surface area contributed by atoms with Crippen molar-refractivity contribution in [3.8, 4) is 5.75 Å². The van der Waals surface area contributed by atoms with E-state index in [4.69, 9.17) is 4.74 Å². The number of hydrogen-bond donors (Lipinski definition) is 1. The fourth-order valence-electron chi connectivity index (χ4n) is 3.14. The Balaban J connectivity index is 1.52. The number of imide groups is 2. The fourth-order valence-corrected chi connectivity index (χ4v) is 4.30. The zero-order chi connectivity index (χ0) is 23.5. The van der Waals surface area contributed by atoms with E-state index in [1.165, 1.54) is 24.3 Å². The third kappa shape index (κ3) is 5.04. The van der Waals surface area contributed by atoms with Gasteiger partial charge in [-0.1, -0.05) is 62.2 Å². The van der Waals surface area contributed by atoms with Crippen LogP contribution in [0.5, 0.6) is 5.75 Å². The summed E-state index contributed by atoms with van der Waals surface area (Å²) in [6.45, 7) is 0.342. The number of rotatable bonds is 5. The first-order chi connectivity index (χ1) is 15.8. The Labute approximate surface area is 205 Å². The molecule has 1 heterocycles. The normalized spacial score (nSPS) is 15.1. The first kappa shape index (κ1) is 22.9. The van der Waals surface area contributed by atoms with Gasteiger partial charge >= 0.3 is 6.03 Å². The Morgan fingerprint density at radius 3 is 2.39 bits per heavy atom. The monoisotopic (exact) mass is 572 g/mol. The molecule has 0 aliphatic carbocycles. The van der Waals surface area contributed by atoms with E-state index in [2.05, 4.69) is 37.2 Å². The molecule has 1 saturated heterocycles. The van der Waals surface area contributed by atoms with Crippen molar-refractivity contribution in [1.29, 1.82) is 0 Å². The van der Waals surface area contributed by atoms with E-state index >= 15 is 0 Å². The third-order valence-corrected chi connectivity index (χ3v) is 6.03. The van der Waals surface area contributed by atoms with Crippen molar-refractivity contribution in [2.24, 2.45) is 0 Å². The van der Waals surface area contributed by atoms with Crippen molar-refractivity contribution in [2.45, 2.75) is 6.61 Å². The zero-order valence-electron chi connectivity index (χ0n) is 16.8. The highest BCUT2D eigenvalue weighted by Gasteiger charge is 2.37. The van der Waals surface area contributed by atoms with Crippen LogP contribution in [-0.2, 0) is 16.2 Å². The van der Waals surface area contributed by atoms with E-state index in [1.54, 1.807) is 24.3 Å². The maximum absolute atomic E-state index is 14.2. The molecular weight excluding hydrogens is 559 g/mol. The summed E-state index contributed by atoms with van der Waals surface area (Å²) in [4.78, 5) is 38.0. The molecular formula is C24H15Br2FN2O4. The average Bonchev–Trinajstić information content (AvgIpc) is 2.78. The van der Waals surface area contributed by atoms with Gasteiger partial charge in [0.1, 0.15) is 23.7 Å². The Morgan fingerprint density at radius 2 is 1.70 bits per heavy atom. The number of amides is 4. The molecule has 0 aromatic heterocycles. The maximum Gasteiger partial charge on any atom is 0.336 e. The van der Waals surface area contributed by atoms with Crippen LogP contribution in [0.15, 0.2) is 81.2 Å². The molecule has 0 bridgehead atoms. The van der Waals surface area contributed by atoms with Gasteiger partial charge in [-0.15, -0.1) is 0 Å². The van der Waals surface area contributed by atoms with Crippen LogP contribution in [0.1, 0.15) is 11.1 Å². The Morgan fingerprint density at radius 1 is 0.970 bits per heavy atom. The number of urea groups is 1. The van der Waals surface area contributed by atoms with Gasteiger partial charge in [-0.05, 0) is 48.0 Å². The topological polar surface area (TPSA) is 75.7 Å². The minimum absolute atomic E-state index is 0.235. The molecule has 1 aliphatic heterocycles. The van der Waals surface area contributed by atoms with Crippen LogP contribution in [0.4, 0.5) is 14.9 Å². The van der Waals surface area contributed by atoms with Gasteiger partial charge in [-0.2, -0.15) is 0 Å². The highest BCUT2D eigenvalue weighted by molar-refractivity contribution is 9.11. The van der Waals surface area contributed by atoms with Crippen LogP contribution < -0.4 is 15.0 Å². The summed E-state index contributed by atoms with van der Waals surface area (Å²) in [5.41, 5.74) is 0.979. The molecule has 1 aliphatic rings. The average molecular weight is 574 g/mol. The van der Waals surface area contributed by atoms with Gasteiger partial charge < -0.3 is 4.74 Å². The van der Waals surface area contributed by atoms with Gasteiger partial charge in [-0.3, -0.25) is 14.9 Å². The van der Waals surface area contributed by atoms with Crippen LogP contribution in [-0.4, -0.2) is 17.8 Å². The predicted octanol–water partition coefficient (Wildman–Crippen LogP) is 5.60. The largest absolute Gasteiger partial charge is 0.489 e. The second-order valence-corrected chi connectivity index (χ2v) is 8.77. The quantitative estimate of drug-likeness (QED) is 0.319. The first-order valence-corrected chi connectivity index (χ1v) is 11.2. The van der Waals surface area contributed by atoms with Crippen LogP contribution in [0.25, 0.3) is 6.08 Å². The number of para-hydroxylation sites is 1. The van der Waals surface area contributed by atoms with Gasteiger partial charge in [-0.25, -0.2) is 14.1 Å². The second-order valence-electron chi connectivity index (χ2n) is 7.00. The van der Waals surface area contributed by atoms with Crippen LogP contribution in [0.3, 0.4) is 0 Å². The number of nitrogens with one attached hydrogen (secondary N) is 1. The van der Waals surface area contributed by atoms with Gasteiger partial charge in [0.25, 0.3) is 11.8 Å². The summed E-state index contributed by atoms with van der Waals surface area (Å²) in [5, 5.41) is 2.07. The fraction of sp³-hybridized carbons (Fsp3) is 0.0417. The molecule has 4 rings (SSSR count). The van der Waals surface area contributed by atoms with E-state index in [0.29, 0.717) is 22.8 Å². The minimum atomic E-state index is -1.00. The van der Waals surface area contributed by atoms with Crippen molar-refractivity contribution in [1.82, 2.24) is 5.32 Å². The summed E-state index contributed by atoms with van der Waals surface area (Å²) in [7, 11) is 0. The van der Waals surface area contributed by atoms with E-state index in [1.807, 2.05) is 18.2 Å². The molecule has 9 heteroatoms. The molecule has 1 fully saturated rings. The van der Waals surface area contributed by atoms with Crippen LogP contribution >= 0.6 is 31.9 Å². The molecule has 0 spiro atoms. The Bertz CT molecular complexity index is 1290. The maximum atomic E-state index is 14.2. The molecule has 33 heavy (non-hydrogen) atoms. The van der Waals surface area contributed by atoms with Crippen LogP contribution in [0, 0.1) is 5.82 Å². The molecule has 0 atom stereocenters. The molecule has 6 nitrogen and oxygen atoms in total. The SMILES string of the molecule is O=C1NC(=O)N(c2ccccc2F)C(=O)/C1=C/c1ccc(OCc2ccc(Br)cc2Br)cc1. The first-order valence-electron chi connectivity index (χ1n) is 9.66. The van der Waals surface area contributed by atoms with Gasteiger partial charge in [0, 0.05) is 14.5 Å². The molecule has 0 unspecified atom stereocenters. The smallest absolute Gasteiger partial charge is 0.336 e. The number of hydrogen-bond acceptors (Lipinski definition) is 4. The summed E-state index contributed by atoms with van der Waals surface area (Å²) >= 11 is 6.89. The summed E-state index contributed by atoms with van der Waals surface area (Å²) in [6.07, 6.45) is 1.34. The van der Waals surface area contributed by atoms with Gasteiger partial charge in [0.15, 0.2) is 0 Å². The number of nitrogens with zero attached hydrogens (tertiary/aromatic N) is 1. The molecule has 1 N–H and O–H groups in total. The second kappa shape index (κ2) is 9.68. The van der Waals surface area contributed by atoms with E-state index in [9.17, 15) is 18.8 Å². The number of ether oxygens (including phenoxy) is 1. The van der Waals surface area contributed by atoms with Crippen molar-refractivity contribution in [2.75, 3.05) is 4.90 Å². The summed E-state index contributed by atoms with van der Waals surface area (Å²) < 4.78 is 21.8. The lowest BCUT2D eigenvalue weighted by Crippen LogP contribution is -2.54. The van der Waals surface area contributed by atoms with Crippen molar-refractivity contribution >= 4 is 61.5 Å². The summed E-state index contributed by atoms with van der Waals surface area (Å²) in [6, 6.07) is 16.9. The molecule has 0 radical (unpaired) electrons. The van der Waals surface area contributed by atoms with E-state index in [-0.39, 0.29) is 11.3 Å². The standard InChI is InChI=1S/C24H15Br2FN2O4/c25-16-8-7-15(19(26)12-16)13-33-17-9-5-14(6-10-17)11-18-22(30)28-24(32)29(23(18)31)21-4-2-1-3-20(21)27/h1-12H,13H2,(H,28,30,32)/b18-11+. The number of halogens is 3. The molecule has 3 aromatic carbocycles. The Kier molecular flexibility index (Phi) is 6.71. The lowest BCUT2D eigenvalue weighted by molar-refractivity contribution is -0.122. The lowest BCUT2D eigenvalue weighted by atomic mass is 10.1. The number of anilines is 1. The minimum Gasteiger partial charge on any atom is -0.489 e.